The molecule has 1 aliphatic rings. The van der Waals surface area contributed by atoms with Crippen LogP contribution in [-0.4, -0.2) is 61.0 Å². The zero-order chi connectivity index (χ0) is 30.8. The van der Waals surface area contributed by atoms with Gasteiger partial charge in [0.25, 0.3) is 0 Å². The number of hydrogen-bond acceptors (Lipinski definition) is 7. The van der Waals surface area contributed by atoms with E-state index in [1.165, 1.54) is 11.9 Å². The molecule has 0 unspecified atom stereocenters. The van der Waals surface area contributed by atoms with Crippen molar-refractivity contribution in [3.8, 4) is 22.8 Å². The number of hydrogen-bond donors (Lipinski definition) is 0. The van der Waals surface area contributed by atoms with Gasteiger partial charge in [0.15, 0.2) is 23.0 Å². The fraction of sp³-hybridized carbons (Fsp3) is 0.208. The summed E-state index contributed by atoms with van der Waals surface area (Å²) in [5, 5.41) is -0.615. The molecule has 5 rings (SSSR count). The third kappa shape index (κ3) is 6.84. The number of halogens is 9. The van der Waals surface area contributed by atoms with Gasteiger partial charge < -0.3 is 4.90 Å². The molecule has 1 aliphatic heterocycles. The molecule has 0 aliphatic carbocycles. The van der Waals surface area contributed by atoms with Crippen LogP contribution in [0.4, 0.5) is 45.6 Å². The normalized spacial score (nSPS) is 13.7. The highest BCUT2D eigenvalue weighted by Crippen LogP contribution is 2.37. The highest BCUT2D eigenvalue weighted by atomic mass is 35.5. The Morgan fingerprint density at radius 2 is 1.24 bits per heavy atom. The number of pyridine rings is 2. The fourth-order valence-corrected chi connectivity index (χ4v) is 3.76. The van der Waals surface area contributed by atoms with E-state index in [-0.39, 0.29) is 29.3 Å². The lowest BCUT2D eigenvalue weighted by molar-refractivity contribution is -0.141. The Morgan fingerprint density at radius 3 is 1.69 bits per heavy atom. The molecule has 220 valence electrons. The van der Waals surface area contributed by atoms with Crippen molar-refractivity contribution in [2.24, 2.45) is 0 Å². The molecule has 42 heavy (non-hydrogen) atoms. The van der Waals surface area contributed by atoms with Crippen LogP contribution >= 0.6 is 11.6 Å². The Kier molecular flexibility index (Phi) is 8.51. The highest BCUT2D eigenvalue weighted by Gasteiger charge is 2.41. The van der Waals surface area contributed by atoms with Gasteiger partial charge in [-0.15, -0.1) is 0 Å². The maximum atomic E-state index is 13.4. The quantitative estimate of drug-likeness (QED) is 0.263. The SMILES string of the molecule is CN1CCN(c2cnc(-c3cncc(F)c3)nc2C(F)(F)F)C1=O.Fc1cncc(-c2ncc(Cl)c(C(F)(F)F)n2)c1. The highest BCUT2D eigenvalue weighted by molar-refractivity contribution is 6.31. The summed E-state index contributed by atoms with van der Waals surface area (Å²) >= 11 is 5.36. The molecular formula is C24H15ClF8N8O. The molecule has 5 heterocycles. The van der Waals surface area contributed by atoms with Gasteiger partial charge in [-0.1, -0.05) is 11.6 Å². The lowest BCUT2D eigenvalue weighted by Gasteiger charge is -2.20. The van der Waals surface area contributed by atoms with E-state index in [0.717, 1.165) is 54.2 Å². The predicted octanol–water partition coefficient (Wildman–Crippen LogP) is 5.92. The third-order valence-corrected chi connectivity index (χ3v) is 5.76. The fourth-order valence-electron chi connectivity index (χ4n) is 3.56. The molecule has 0 atom stereocenters. The molecule has 4 aromatic heterocycles. The van der Waals surface area contributed by atoms with Gasteiger partial charge in [-0.2, -0.15) is 26.3 Å². The van der Waals surface area contributed by atoms with Crippen LogP contribution in [0.2, 0.25) is 5.02 Å². The molecule has 0 bridgehead atoms. The second kappa shape index (κ2) is 11.8. The predicted molar refractivity (Wildman–Crippen MR) is 131 cm³/mol. The lowest BCUT2D eigenvalue weighted by Crippen LogP contribution is -2.31. The van der Waals surface area contributed by atoms with Gasteiger partial charge in [-0.05, 0) is 12.1 Å². The number of rotatable bonds is 3. The molecule has 9 nitrogen and oxygen atoms in total. The first-order valence-corrected chi connectivity index (χ1v) is 11.8. The van der Waals surface area contributed by atoms with Gasteiger partial charge >= 0.3 is 18.4 Å². The number of anilines is 1. The number of carbonyl (C=O) groups excluding carboxylic acids is 1. The van der Waals surface area contributed by atoms with Gasteiger partial charge in [0.1, 0.15) is 11.6 Å². The number of carbonyl (C=O) groups is 1. The Hall–Kier alpha value is -4.54. The van der Waals surface area contributed by atoms with Crippen LogP contribution < -0.4 is 4.90 Å². The minimum atomic E-state index is -4.80. The van der Waals surface area contributed by atoms with Crippen LogP contribution in [0.25, 0.3) is 22.8 Å². The van der Waals surface area contributed by atoms with E-state index in [4.69, 9.17) is 11.6 Å². The van der Waals surface area contributed by atoms with Gasteiger partial charge in [0.05, 0.1) is 35.5 Å². The smallest absolute Gasteiger partial charge is 0.326 e. The number of alkyl halides is 6. The molecule has 0 radical (unpaired) electrons. The van der Waals surface area contributed by atoms with Gasteiger partial charge in [0.2, 0.25) is 0 Å². The van der Waals surface area contributed by atoms with E-state index < -0.39 is 52.1 Å². The standard InChI is InChI=1S/C14H11F4N5O.C10H4ClF4N3/c1-22-2-3-23(13(22)24)10-7-20-12(21-11(10)14(16,17)18)8-4-9(15)6-19-5-8;11-7-4-17-9(18-8(7)10(13,14)15)5-1-6(12)3-16-2-5/h4-7H,2-3H2,1H3;1-4H. The van der Waals surface area contributed by atoms with Crippen molar-refractivity contribution in [2.75, 3.05) is 25.0 Å². The van der Waals surface area contributed by atoms with E-state index in [2.05, 4.69) is 29.9 Å². The monoisotopic (exact) mass is 618 g/mol. The van der Waals surface area contributed by atoms with Crippen molar-refractivity contribution >= 4 is 23.3 Å². The van der Waals surface area contributed by atoms with Crippen LogP contribution in [0.15, 0.2) is 49.3 Å². The Bertz CT molecular complexity index is 1620. The van der Waals surface area contributed by atoms with Crippen molar-refractivity contribution in [1.29, 1.82) is 0 Å². The van der Waals surface area contributed by atoms with E-state index >= 15 is 0 Å². The molecular weight excluding hydrogens is 604 g/mol. The first-order valence-electron chi connectivity index (χ1n) is 11.4. The molecule has 0 saturated carbocycles. The molecule has 0 aromatic carbocycles. The molecule has 1 saturated heterocycles. The van der Waals surface area contributed by atoms with E-state index in [1.807, 2.05) is 0 Å². The first-order chi connectivity index (χ1) is 19.6. The maximum absolute atomic E-state index is 13.4. The second-order valence-corrected chi connectivity index (χ2v) is 8.86. The average molecular weight is 619 g/mol. The molecule has 0 N–H and O–H groups in total. The summed E-state index contributed by atoms with van der Waals surface area (Å²) in [6.07, 6.45) is -3.60. The summed E-state index contributed by atoms with van der Waals surface area (Å²) in [6, 6.07) is 1.40. The summed E-state index contributed by atoms with van der Waals surface area (Å²) in [5.74, 6) is -2.03. The average Bonchev–Trinajstić information content (AvgIpc) is 3.25. The zero-order valence-electron chi connectivity index (χ0n) is 20.9. The van der Waals surface area contributed by atoms with Crippen LogP contribution in [-0.2, 0) is 12.4 Å². The summed E-state index contributed by atoms with van der Waals surface area (Å²) < 4.78 is 104. The number of urea groups is 1. The Balaban J connectivity index is 0.000000201. The van der Waals surface area contributed by atoms with Crippen molar-refractivity contribution < 1.29 is 39.9 Å². The largest absolute Gasteiger partial charge is 0.435 e. The third-order valence-electron chi connectivity index (χ3n) is 5.48. The molecule has 1 fully saturated rings. The second-order valence-electron chi connectivity index (χ2n) is 8.45. The van der Waals surface area contributed by atoms with Crippen molar-refractivity contribution in [2.45, 2.75) is 12.4 Å². The van der Waals surface area contributed by atoms with Crippen molar-refractivity contribution in [3.63, 3.8) is 0 Å². The van der Waals surface area contributed by atoms with Crippen LogP contribution in [0.1, 0.15) is 11.4 Å². The number of amides is 2. The summed E-state index contributed by atoms with van der Waals surface area (Å²) in [7, 11) is 1.49. The lowest BCUT2D eigenvalue weighted by atomic mass is 10.2. The van der Waals surface area contributed by atoms with Crippen molar-refractivity contribution in [1.82, 2.24) is 34.8 Å². The molecule has 18 heteroatoms. The van der Waals surface area contributed by atoms with Crippen LogP contribution in [0.5, 0.6) is 0 Å². The minimum absolute atomic E-state index is 0.0110. The Labute approximate surface area is 235 Å². The molecule has 2 amide bonds. The van der Waals surface area contributed by atoms with E-state index in [1.54, 1.807) is 0 Å². The summed E-state index contributed by atoms with van der Waals surface area (Å²) in [5.41, 5.74) is -2.89. The minimum Gasteiger partial charge on any atom is -0.326 e. The number of likely N-dealkylation sites (N-methyl/N-ethyl adjacent to an activating group) is 1. The number of aromatic nitrogens is 6. The first kappa shape index (κ1) is 30.4. The Morgan fingerprint density at radius 1 is 0.738 bits per heavy atom. The topological polar surface area (TPSA) is 101 Å². The van der Waals surface area contributed by atoms with Crippen LogP contribution in [0.3, 0.4) is 0 Å². The number of nitrogens with zero attached hydrogens (tertiary/aromatic N) is 8. The van der Waals surface area contributed by atoms with Crippen LogP contribution in [0, 0.1) is 11.6 Å². The zero-order valence-corrected chi connectivity index (χ0v) is 21.7. The van der Waals surface area contributed by atoms with Gasteiger partial charge in [0, 0.05) is 43.7 Å². The van der Waals surface area contributed by atoms with Gasteiger partial charge in [-0.25, -0.2) is 33.5 Å². The van der Waals surface area contributed by atoms with E-state index in [9.17, 15) is 39.9 Å². The van der Waals surface area contributed by atoms with Gasteiger partial charge in [-0.3, -0.25) is 14.9 Å². The summed E-state index contributed by atoms with van der Waals surface area (Å²) in [4.78, 5) is 35.5. The maximum Gasteiger partial charge on any atom is 0.435 e. The van der Waals surface area contributed by atoms with E-state index in [0.29, 0.717) is 6.54 Å². The summed E-state index contributed by atoms with van der Waals surface area (Å²) in [6.45, 7) is 0.397. The molecule has 4 aromatic rings. The molecule has 0 spiro atoms. The van der Waals surface area contributed by atoms with Crippen molar-refractivity contribution in [3.05, 3.63) is 77.4 Å².